The zero-order valence-corrected chi connectivity index (χ0v) is 9.37. The van der Waals surface area contributed by atoms with Crippen molar-refractivity contribution in [3.05, 3.63) is 33.6 Å². The van der Waals surface area contributed by atoms with Crippen molar-refractivity contribution in [2.24, 2.45) is 5.73 Å². The Labute approximate surface area is 93.0 Å². The van der Waals surface area contributed by atoms with Crippen molar-refractivity contribution in [1.29, 1.82) is 0 Å². The molecule has 0 bridgehead atoms. The second-order valence-electron chi connectivity index (χ2n) is 3.27. The topological polar surface area (TPSA) is 26.0 Å². The van der Waals surface area contributed by atoms with Crippen LogP contribution in [0.15, 0.2) is 12.1 Å². The molecule has 0 radical (unpaired) electrons. The van der Waals surface area contributed by atoms with E-state index in [9.17, 15) is 4.39 Å². The molecule has 0 amide bonds. The lowest BCUT2D eigenvalue weighted by molar-refractivity contribution is 0.624. The highest BCUT2D eigenvalue weighted by atomic mass is 35.5. The summed E-state index contributed by atoms with van der Waals surface area (Å²) in [6.45, 7) is 2.56. The Morgan fingerprint density at radius 1 is 1.36 bits per heavy atom. The first kappa shape index (κ1) is 11.8. The number of benzene rings is 1. The van der Waals surface area contributed by atoms with Gasteiger partial charge in [-0.05, 0) is 36.6 Å². The average molecular weight is 236 g/mol. The molecule has 0 heterocycles. The van der Waals surface area contributed by atoms with Gasteiger partial charge in [-0.2, -0.15) is 0 Å². The zero-order valence-electron chi connectivity index (χ0n) is 7.86. The van der Waals surface area contributed by atoms with Crippen LogP contribution in [0.2, 0.25) is 10.0 Å². The SMILES string of the molecule is CC(CCN)c1cc(Cl)c(F)cc1Cl. The normalized spacial score (nSPS) is 12.9. The largest absolute Gasteiger partial charge is 0.330 e. The van der Waals surface area contributed by atoms with Crippen LogP contribution in [0.3, 0.4) is 0 Å². The van der Waals surface area contributed by atoms with E-state index in [1.807, 2.05) is 6.92 Å². The second-order valence-corrected chi connectivity index (χ2v) is 4.08. The van der Waals surface area contributed by atoms with E-state index < -0.39 is 5.82 Å². The lowest BCUT2D eigenvalue weighted by Crippen LogP contribution is -2.05. The molecular formula is C10H12Cl2FN. The Morgan fingerprint density at radius 3 is 2.57 bits per heavy atom. The molecule has 78 valence electrons. The third kappa shape index (κ3) is 2.59. The highest BCUT2D eigenvalue weighted by molar-refractivity contribution is 6.33. The molecule has 0 aliphatic heterocycles. The van der Waals surface area contributed by atoms with Crippen LogP contribution in [0.5, 0.6) is 0 Å². The Balaban J connectivity index is 3.02. The standard InChI is InChI=1S/C10H12Cl2FN/c1-6(2-3-14)7-4-9(12)10(13)5-8(7)11/h4-6H,2-3,14H2,1H3. The molecule has 14 heavy (non-hydrogen) atoms. The summed E-state index contributed by atoms with van der Waals surface area (Å²) in [7, 11) is 0. The fraction of sp³-hybridized carbons (Fsp3) is 0.400. The molecule has 4 heteroatoms. The Bertz CT molecular complexity index is 328. The summed E-state index contributed by atoms with van der Waals surface area (Å²) < 4.78 is 13.0. The van der Waals surface area contributed by atoms with E-state index in [0.29, 0.717) is 11.6 Å². The van der Waals surface area contributed by atoms with E-state index in [-0.39, 0.29) is 10.9 Å². The second kappa shape index (κ2) is 4.96. The molecule has 0 saturated carbocycles. The van der Waals surface area contributed by atoms with Crippen LogP contribution in [0.25, 0.3) is 0 Å². The van der Waals surface area contributed by atoms with Gasteiger partial charge in [0.2, 0.25) is 0 Å². The quantitative estimate of drug-likeness (QED) is 0.797. The van der Waals surface area contributed by atoms with Crippen LogP contribution in [-0.4, -0.2) is 6.54 Å². The van der Waals surface area contributed by atoms with E-state index in [1.54, 1.807) is 6.07 Å². The first-order valence-corrected chi connectivity index (χ1v) is 5.16. The van der Waals surface area contributed by atoms with E-state index in [0.717, 1.165) is 12.0 Å². The molecule has 1 aromatic carbocycles. The molecular weight excluding hydrogens is 224 g/mol. The van der Waals surface area contributed by atoms with Gasteiger partial charge in [-0.3, -0.25) is 0 Å². The molecule has 0 aliphatic rings. The van der Waals surface area contributed by atoms with Gasteiger partial charge < -0.3 is 5.73 Å². The summed E-state index contributed by atoms with van der Waals surface area (Å²) in [5.74, 6) is -0.286. The van der Waals surface area contributed by atoms with Crippen LogP contribution >= 0.6 is 23.2 Å². The van der Waals surface area contributed by atoms with Gasteiger partial charge in [0.05, 0.1) is 5.02 Å². The summed E-state index contributed by atoms with van der Waals surface area (Å²) in [4.78, 5) is 0. The van der Waals surface area contributed by atoms with E-state index >= 15 is 0 Å². The summed E-state index contributed by atoms with van der Waals surface area (Å²) in [5.41, 5.74) is 6.29. The first-order valence-electron chi connectivity index (χ1n) is 4.40. The van der Waals surface area contributed by atoms with Gasteiger partial charge in [-0.1, -0.05) is 30.1 Å². The predicted octanol–water partition coefficient (Wildman–Crippen LogP) is 3.58. The first-order chi connectivity index (χ1) is 6.56. The van der Waals surface area contributed by atoms with Crippen LogP contribution < -0.4 is 5.73 Å². The predicted molar refractivity (Wildman–Crippen MR) is 58.5 cm³/mol. The third-order valence-electron chi connectivity index (χ3n) is 2.17. The average Bonchev–Trinajstić information content (AvgIpc) is 2.11. The molecule has 1 rings (SSSR count). The van der Waals surface area contributed by atoms with Crippen LogP contribution in [0.4, 0.5) is 4.39 Å². The summed E-state index contributed by atoms with van der Waals surface area (Å²) in [5, 5.41) is 0.515. The van der Waals surface area contributed by atoms with Crippen molar-refractivity contribution >= 4 is 23.2 Å². The third-order valence-corrected chi connectivity index (χ3v) is 2.79. The van der Waals surface area contributed by atoms with Crippen molar-refractivity contribution in [3.63, 3.8) is 0 Å². The molecule has 1 unspecified atom stereocenters. The lowest BCUT2D eigenvalue weighted by atomic mass is 9.98. The molecule has 0 fully saturated rings. The molecule has 0 saturated heterocycles. The minimum atomic E-state index is -0.486. The smallest absolute Gasteiger partial charge is 0.143 e. The maximum Gasteiger partial charge on any atom is 0.143 e. The van der Waals surface area contributed by atoms with Crippen molar-refractivity contribution < 1.29 is 4.39 Å². The fourth-order valence-corrected chi connectivity index (χ4v) is 1.83. The van der Waals surface area contributed by atoms with Crippen molar-refractivity contribution in [3.8, 4) is 0 Å². The molecule has 1 aromatic rings. The monoisotopic (exact) mass is 235 g/mol. The number of hydrogen-bond acceptors (Lipinski definition) is 1. The highest BCUT2D eigenvalue weighted by Gasteiger charge is 2.12. The van der Waals surface area contributed by atoms with Gasteiger partial charge in [-0.25, -0.2) is 4.39 Å². The molecule has 1 nitrogen and oxygen atoms in total. The van der Waals surface area contributed by atoms with Crippen LogP contribution in [-0.2, 0) is 0 Å². The molecule has 1 atom stereocenters. The number of rotatable bonds is 3. The lowest BCUT2D eigenvalue weighted by Gasteiger charge is -2.13. The Morgan fingerprint density at radius 2 is 2.00 bits per heavy atom. The number of nitrogens with two attached hydrogens (primary N) is 1. The van der Waals surface area contributed by atoms with Crippen molar-refractivity contribution in [2.45, 2.75) is 19.3 Å². The van der Waals surface area contributed by atoms with E-state index in [4.69, 9.17) is 28.9 Å². The van der Waals surface area contributed by atoms with E-state index in [1.165, 1.54) is 6.07 Å². The van der Waals surface area contributed by atoms with Gasteiger partial charge >= 0.3 is 0 Å². The van der Waals surface area contributed by atoms with Gasteiger partial charge in [0.1, 0.15) is 5.82 Å². The van der Waals surface area contributed by atoms with Crippen LogP contribution in [0.1, 0.15) is 24.8 Å². The Hall–Kier alpha value is -0.310. The van der Waals surface area contributed by atoms with Crippen LogP contribution in [0, 0.1) is 5.82 Å². The summed E-state index contributed by atoms with van der Waals surface area (Å²) >= 11 is 11.6. The minimum absolute atomic E-state index is 0.105. The number of halogens is 3. The van der Waals surface area contributed by atoms with Gasteiger partial charge in [0, 0.05) is 5.02 Å². The minimum Gasteiger partial charge on any atom is -0.330 e. The molecule has 2 N–H and O–H groups in total. The van der Waals surface area contributed by atoms with Crippen molar-refractivity contribution in [1.82, 2.24) is 0 Å². The van der Waals surface area contributed by atoms with E-state index in [2.05, 4.69) is 0 Å². The van der Waals surface area contributed by atoms with Crippen molar-refractivity contribution in [2.75, 3.05) is 6.54 Å². The highest BCUT2D eigenvalue weighted by Crippen LogP contribution is 2.30. The Kier molecular flexibility index (Phi) is 4.17. The molecule has 0 spiro atoms. The molecule has 0 aromatic heterocycles. The zero-order chi connectivity index (χ0) is 10.7. The molecule has 0 aliphatic carbocycles. The van der Waals surface area contributed by atoms with Gasteiger partial charge in [0.15, 0.2) is 0 Å². The maximum absolute atomic E-state index is 13.0. The number of hydrogen-bond donors (Lipinski definition) is 1. The summed E-state index contributed by atoms with van der Waals surface area (Å²) in [6.07, 6.45) is 0.807. The van der Waals surface area contributed by atoms with Gasteiger partial charge in [-0.15, -0.1) is 0 Å². The summed E-state index contributed by atoms with van der Waals surface area (Å²) in [6, 6.07) is 2.81. The fourth-order valence-electron chi connectivity index (χ4n) is 1.32. The maximum atomic E-state index is 13.0. The van der Waals surface area contributed by atoms with Gasteiger partial charge in [0.25, 0.3) is 0 Å².